The molecule has 78 valence electrons. The van der Waals surface area contributed by atoms with Gasteiger partial charge in [0.05, 0.1) is 6.54 Å². The van der Waals surface area contributed by atoms with E-state index in [1.54, 1.807) is 7.05 Å². The number of carbonyl (C=O) groups is 1. The quantitative estimate of drug-likeness (QED) is 0.784. The summed E-state index contributed by atoms with van der Waals surface area (Å²) < 4.78 is 0. The van der Waals surface area contributed by atoms with Crippen LogP contribution in [-0.2, 0) is 11.3 Å². The van der Waals surface area contributed by atoms with Gasteiger partial charge in [-0.2, -0.15) is 0 Å². The van der Waals surface area contributed by atoms with Crippen LogP contribution in [0.4, 0.5) is 0 Å². The van der Waals surface area contributed by atoms with Crippen LogP contribution in [0.1, 0.15) is 5.56 Å². The maximum absolute atomic E-state index is 10.8. The van der Waals surface area contributed by atoms with Crippen molar-refractivity contribution in [1.29, 1.82) is 0 Å². The molecule has 2 N–H and O–H groups in total. The van der Waals surface area contributed by atoms with Gasteiger partial charge in [0.25, 0.3) is 0 Å². The molecule has 0 aromatic heterocycles. The second-order valence-corrected chi connectivity index (χ2v) is 2.76. The van der Waals surface area contributed by atoms with E-state index in [2.05, 4.69) is 10.6 Å². The molecular formula is C10H15ClN2O. The topological polar surface area (TPSA) is 41.1 Å². The van der Waals surface area contributed by atoms with E-state index >= 15 is 0 Å². The molecule has 0 aliphatic rings. The summed E-state index contributed by atoms with van der Waals surface area (Å²) in [4.78, 5) is 10.8. The van der Waals surface area contributed by atoms with Crippen molar-refractivity contribution in [3.63, 3.8) is 0 Å². The van der Waals surface area contributed by atoms with E-state index in [1.165, 1.54) is 5.56 Å². The first-order valence-electron chi connectivity index (χ1n) is 4.28. The highest BCUT2D eigenvalue weighted by Crippen LogP contribution is 1.96. The molecule has 0 saturated heterocycles. The molecule has 0 aliphatic carbocycles. The molecule has 0 heterocycles. The Balaban J connectivity index is 0.00000169. The van der Waals surface area contributed by atoms with Gasteiger partial charge in [0.1, 0.15) is 0 Å². The van der Waals surface area contributed by atoms with Crippen LogP contribution in [-0.4, -0.2) is 19.5 Å². The third kappa shape index (κ3) is 4.84. The fourth-order valence-electron chi connectivity index (χ4n) is 1.00. The van der Waals surface area contributed by atoms with Crippen molar-refractivity contribution in [2.24, 2.45) is 0 Å². The highest BCUT2D eigenvalue weighted by Gasteiger charge is 1.95. The smallest absolute Gasteiger partial charge is 0.233 e. The van der Waals surface area contributed by atoms with Crippen molar-refractivity contribution in [3.05, 3.63) is 35.9 Å². The maximum atomic E-state index is 10.8. The van der Waals surface area contributed by atoms with Crippen LogP contribution in [0.5, 0.6) is 0 Å². The lowest BCUT2D eigenvalue weighted by Crippen LogP contribution is -2.30. The Morgan fingerprint density at radius 3 is 2.50 bits per heavy atom. The van der Waals surface area contributed by atoms with Crippen molar-refractivity contribution in [3.8, 4) is 0 Å². The van der Waals surface area contributed by atoms with E-state index < -0.39 is 0 Å². The number of nitrogens with one attached hydrogen (secondary N) is 2. The molecule has 14 heavy (non-hydrogen) atoms. The van der Waals surface area contributed by atoms with Crippen LogP contribution in [0.3, 0.4) is 0 Å². The molecule has 0 spiro atoms. The van der Waals surface area contributed by atoms with Crippen LogP contribution in [0.15, 0.2) is 30.3 Å². The summed E-state index contributed by atoms with van der Waals surface area (Å²) in [7, 11) is 1.63. The minimum Gasteiger partial charge on any atom is -0.358 e. The normalized spacial score (nSPS) is 8.93. The first kappa shape index (κ1) is 12.9. The third-order valence-electron chi connectivity index (χ3n) is 1.74. The molecule has 1 aromatic rings. The van der Waals surface area contributed by atoms with Gasteiger partial charge in [-0.15, -0.1) is 12.4 Å². The van der Waals surface area contributed by atoms with Gasteiger partial charge in [-0.25, -0.2) is 0 Å². The lowest BCUT2D eigenvalue weighted by Gasteiger charge is -2.03. The Hall–Kier alpha value is -1.06. The van der Waals surface area contributed by atoms with E-state index in [1.807, 2.05) is 30.3 Å². The van der Waals surface area contributed by atoms with Gasteiger partial charge in [-0.1, -0.05) is 30.3 Å². The van der Waals surface area contributed by atoms with Gasteiger partial charge in [0.2, 0.25) is 5.91 Å². The van der Waals surface area contributed by atoms with Crippen LogP contribution in [0.25, 0.3) is 0 Å². The number of amides is 1. The number of hydrogen-bond acceptors (Lipinski definition) is 2. The van der Waals surface area contributed by atoms with Gasteiger partial charge in [0.15, 0.2) is 0 Å². The second kappa shape index (κ2) is 7.35. The zero-order valence-corrected chi connectivity index (χ0v) is 8.93. The number of halogens is 1. The molecule has 1 amide bonds. The number of carbonyl (C=O) groups excluding carboxylic acids is 1. The molecule has 0 bridgehead atoms. The summed E-state index contributed by atoms with van der Waals surface area (Å²) in [5, 5.41) is 5.59. The number of rotatable bonds is 4. The Morgan fingerprint density at radius 2 is 1.93 bits per heavy atom. The number of likely N-dealkylation sites (N-methyl/N-ethyl adjacent to an activating group) is 1. The fourth-order valence-corrected chi connectivity index (χ4v) is 1.00. The first-order chi connectivity index (χ1) is 6.33. The Morgan fingerprint density at radius 1 is 1.29 bits per heavy atom. The molecule has 0 saturated carbocycles. The lowest BCUT2D eigenvalue weighted by molar-refractivity contribution is -0.119. The largest absolute Gasteiger partial charge is 0.358 e. The van der Waals surface area contributed by atoms with Crippen LogP contribution < -0.4 is 10.6 Å². The molecular weight excluding hydrogens is 200 g/mol. The minimum atomic E-state index is 0. The Bertz CT molecular complexity index is 264. The SMILES string of the molecule is CNC(=O)CNCc1ccccc1.Cl. The van der Waals surface area contributed by atoms with E-state index in [4.69, 9.17) is 0 Å². The fraction of sp³-hybridized carbons (Fsp3) is 0.300. The van der Waals surface area contributed by atoms with Gasteiger partial charge in [0, 0.05) is 13.6 Å². The monoisotopic (exact) mass is 214 g/mol. The number of benzene rings is 1. The predicted molar refractivity (Wildman–Crippen MR) is 59.5 cm³/mol. The molecule has 4 heteroatoms. The van der Waals surface area contributed by atoms with E-state index in [0.29, 0.717) is 6.54 Å². The first-order valence-corrected chi connectivity index (χ1v) is 4.28. The van der Waals surface area contributed by atoms with Crippen LogP contribution in [0.2, 0.25) is 0 Å². The summed E-state index contributed by atoms with van der Waals surface area (Å²) in [5.74, 6) is 0.0101. The van der Waals surface area contributed by atoms with E-state index in [9.17, 15) is 4.79 Å². The standard InChI is InChI=1S/C10H14N2O.ClH/c1-11-10(13)8-12-7-9-5-3-2-4-6-9;/h2-6,12H,7-8H2,1H3,(H,11,13);1H. The molecule has 1 rings (SSSR count). The Kier molecular flexibility index (Phi) is 6.80. The molecule has 0 atom stereocenters. The molecule has 0 radical (unpaired) electrons. The molecule has 0 unspecified atom stereocenters. The Labute approximate surface area is 90.3 Å². The highest BCUT2D eigenvalue weighted by atomic mass is 35.5. The average Bonchev–Trinajstić information content (AvgIpc) is 2.19. The summed E-state index contributed by atoms with van der Waals surface area (Å²) >= 11 is 0. The number of hydrogen-bond donors (Lipinski definition) is 2. The summed E-state index contributed by atoms with van der Waals surface area (Å²) in [6.07, 6.45) is 0. The van der Waals surface area contributed by atoms with Gasteiger partial charge in [-0.05, 0) is 5.56 Å². The molecule has 1 aromatic carbocycles. The van der Waals surface area contributed by atoms with Crippen molar-refractivity contribution >= 4 is 18.3 Å². The van der Waals surface area contributed by atoms with E-state index in [-0.39, 0.29) is 18.3 Å². The summed E-state index contributed by atoms with van der Waals surface area (Å²) in [5.41, 5.74) is 1.19. The van der Waals surface area contributed by atoms with Gasteiger partial charge < -0.3 is 10.6 Å². The lowest BCUT2D eigenvalue weighted by atomic mass is 10.2. The summed E-state index contributed by atoms with van der Waals surface area (Å²) in [6, 6.07) is 9.99. The second-order valence-electron chi connectivity index (χ2n) is 2.76. The predicted octanol–water partition coefficient (Wildman–Crippen LogP) is 0.944. The van der Waals surface area contributed by atoms with Crippen molar-refractivity contribution in [2.45, 2.75) is 6.54 Å². The van der Waals surface area contributed by atoms with Crippen molar-refractivity contribution in [2.75, 3.05) is 13.6 Å². The third-order valence-corrected chi connectivity index (χ3v) is 1.74. The molecule has 0 fully saturated rings. The van der Waals surface area contributed by atoms with Crippen molar-refractivity contribution in [1.82, 2.24) is 10.6 Å². The summed E-state index contributed by atoms with van der Waals surface area (Å²) in [6.45, 7) is 1.10. The van der Waals surface area contributed by atoms with Gasteiger partial charge >= 0.3 is 0 Å². The highest BCUT2D eigenvalue weighted by molar-refractivity contribution is 5.85. The van der Waals surface area contributed by atoms with Crippen molar-refractivity contribution < 1.29 is 4.79 Å². The molecule has 0 aliphatic heterocycles. The average molecular weight is 215 g/mol. The zero-order valence-electron chi connectivity index (χ0n) is 8.12. The van der Waals surface area contributed by atoms with Gasteiger partial charge in [-0.3, -0.25) is 4.79 Å². The van der Waals surface area contributed by atoms with Crippen LogP contribution in [0, 0.1) is 0 Å². The maximum Gasteiger partial charge on any atom is 0.233 e. The van der Waals surface area contributed by atoms with E-state index in [0.717, 1.165) is 6.54 Å². The minimum absolute atomic E-state index is 0. The van der Waals surface area contributed by atoms with Crippen LogP contribution >= 0.6 is 12.4 Å². The molecule has 3 nitrogen and oxygen atoms in total. The zero-order chi connectivity index (χ0) is 9.52.